The average molecular weight is 235 g/mol. The number of sulfonamides is 1. The Bertz CT molecular complexity index is 311. The summed E-state index contributed by atoms with van der Waals surface area (Å²) in [5.41, 5.74) is 5.27. The van der Waals surface area contributed by atoms with Crippen LogP contribution in [0.15, 0.2) is 0 Å². The van der Waals surface area contributed by atoms with Crippen LogP contribution >= 0.6 is 0 Å². The normalized spacial score (nSPS) is 14.5. The molecule has 0 spiro atoms. The average Bonchev–Trinajstić information content (AvgIpc) is 2.12. The molecule has 0 aromatic rings. The van der Waals surface area contributed by atoms with Crippen LogP contribution in [0.5, 0.6) is 0 Å². The molecule has 5 nitrogen and oxygen atoms in total. The monoisotopic (exact) mass is 235 g/mol. The molecule has 0 aliphatic heterocycles. The van der Waals surface area contributed by atoms with E-state index in [2.05, 4.69) is 0 Å². The predicted octanol–water partition coefficient (Wildman–Crippen LogP) is 0.619. The van der Waals surface area contributed by atoms with Crippen molar-refractivity contribution in [3.63, 3.8) is 0 Å². The van der Waals surface area contributed by atoms with E-state index >= 15 is 0 Å². The van der Waals surface area contributed by atoms with Crippen molar-refractivity contribution in [3.05, 3.63) is 0 Å². The van der Waals surface area contributed by atoms with Gasteiger partial charge >= 0.3 is 0 Å². The summed E-state index contributed by atoms with van der Waals surface area (Å²) in [5, 5.41) is 7.20. The Hall–Kier alpha value is -0.620. The third-order valence-corrected chi connectivity index (χ3v) is 4.33. The Morgan fingerprint density at radius 1 is 1.40 bits per heavy atom. The standard InChI is InChI=1S/C9H21N3O2S/c1-7(2)5-6-15(13,14)12(4)8(3)9(10)11/h7-8H,5-6H2,1-4H3,(H3,10,11). The van der Waals surface area contributed by atoms with Gasteiger partial charge in [0, 0.05) is 7.05 Å². The number of likely N-dealkylation sites (N-methyl/N-ethyl adjacent to an activating group) is 1. The summed E-state index contributed by atoms with van der Waals surface area (Å²) in [6.45, 7) is 5.56. The van der Waals surface area contributed by atoms with Gasteiger partial charge in [0.2, 0.25) is 10.0 Å². The number of rotatable bonds is 6. The highest BCUT2D eigenvalue weighted by Gasteiger charge is 2.24. The smallest absolute Gasteiger partial charge is 0.214 e. The van der Waals surface area contributed by atoms with Gasteiger partial charge in [-0.15, -0.1) is 0 Å². The molecule has 0 amide bonds. The number of nitrogens with zero attached hydrogens (tertiary/aromatic N) is 1. The lowest BCUT2D eigenvalue weighted by molar-refractivity contribution is 0.443. The second kappa shape index (κ2) is 5.46. The van der Waals surface area contributed by atoms with Gasteiger partial charge in [-0.3, -0.25) is 5.41 Å². The largest absolute Gasteiger partial charge is 0.386 e. The minimum absolute atomic E-state index is 0.110. The molecule has 3 N–H and O–H groups in total. The summed E-state index contributed by atoms with van der Waals surface area (Å²) < 4.78 is 24.7. The van der Waals surface area contributed by atoms with Crippen LogP contribution in [-0.4, -0.2) is 37.4 Å². The van der Waals surface area contributed by atoms with Crippen LogP contribution in [0.2, 0.25) is 0 Å². The maximum Gasteiger partial charge on any atom is 0.214 e. The first-order chi connectivity index (χ1) is 6.68. The first-order valence-corrected chi connectivity index (χ1v) is 6.59. The Morgan fingerprint density at radius 3 is 2.20 bits per heavy atom. The topological polar surface area (TPSA) is 87.2 Å². The van der Waals surface area contributed by atoms with Crippen LogP contribution in [-0.2, 0) is 10.0 Å². The van der Waals surface area contributed by atoms with Gasteiger partial charge in [-0.25, -0.2) is 8.42 Å². The first kappa shape index (κ1) is 14.4. The van der Waals surface area contributed by atoms with Crippen LogP contribution in [0.3, 0.4) is 0 Å². The minimum Gasteiger partial charge on any atom is -0.386 e. The Kier molecular flexibility index (Phi) is 5.23. The lowest BCUT2D eigenvalue weighted by Crippen LogP contribution is -2.44. The second-order valence-electron chi connectivity index (χ2n) is 4.15. The summed E-state index contributed by atoms with van der Waals surface area (Å²) in [6.07, 6.45) is 0.622. The van der Waals surface area contributed by atoms with Crippen molar-refractivity contribution in [1.82, 2.24) is 4.31 Å². The molecule has 0 aromatic carbocycles. The van der Waals surface area contributed by atoms with E-state index < -0.39 is 16.1 Å². The maximum absolute atomic E-state index is 11.8. The van der Waals surface area contributed by atoms with Crippen LogP contribution in [0, 0.1) is 11.3 Å². The van der Waals surface area contributed by atoms with E-state index in [9.17, 15) is 8.42 Å². The third-order valence-electron chi connectivity index (χ3n) is 2.39. The fraction of sp³-hybridized carbons (Fsp3) is 0.889. The van der Waals surface area contributed by atoms with Crippen molar-refractivity contribution >= 4 is 15.9 Å². The van der Waals surface area contributed by atoms with Crippen molar-refractivity contribution in [1.29, 1.82) is 5.41 Å². The highest BCUT2D eigenvalue weighted by atomic mass is 32.2. The van der Waals surface area contributed by atoms with Crippen LogP contribution in [0.1, 0.15) is 27.2 Å². The molecule has 0 aromatic heterocycles. The quantitative estimate of drug-likeness (QED) is 0.522. The van der Waals surface area contributed by atoms with E-state index in [0.29, 0.717) is 12.3 Å². The lowest BCUT2D eigenvalue weighted by atomic mass is 10.2. The van der Waals surface area contributed by atoms with Crippen LogP contribution in [0.4, 0.5) is 0 Å². The summed E-state index contributed by atoms with van der Waals surface area (Å²) in [4.78, 5) is 0. The van der Waals surface area contributed by atoms with Gasteiger partial charge in [-0.05, 0) is 19.3 Å². The molecular formula is C9H21N3O2S. The van der Waals surface area contributed by atoms with Gasteiger partial charge in [0.25, 0.3) is 0 Å². The predicted molar refractivity (Wildman–Crippen MR) is 62.4 cm³/mol. The van der Waals surface area contributed by atoms with E-state index in [0.717, 1.165) is 4.31 Å². The molecule has 90 valence electrons. The zero-order valence-electron chi connectivity index (χ0n) is 9.82. The zero-order chi connectivity index (χ0) is 12.2. The molecule has 0 aliphatic rings. The molecule has 0 saturated heterocycles. The summed E-state index contributed by atoms with van der Waals surface area (Å²) >= 11 is 0. The molecule has 15 heavy (non-hydrogen) atoms. The van der Waals surface area contributed by atoms with E-state index in [1.54, 1.807) is 6.92 Å². The van der Waals surface area contributed by atoms with Gasteiger partial charge < -0.3 is 5.73 Å². The van der Waals surface area contributed by atoms with Gasteiger partial charge in [0.05, 0.1) is 11.8 Å². The molecule has 6 heteroatoms. The Labute approximate surface area is 92.2 Å². The number of nitrogens with two attached hydrogens (primary N) is 1. The molecule has 0 heterocycles. The fourth-order valence-corrected chi connectivity index (χ4v) is 2.62. The molecular weight excluding hydrogens is 214 g/mol. The zero-order valence-corrected chi connectivity index (χ0v) is 10.6. The van der Waals surface area contributed by atoms with Crippen molar-refractivity contribution < 1.29 is 8.42 Å². The first-order valence-electron chi connectivity index (χ1n) is 4.98. The fourth-order valence-electron chi connectivity index (χ4n) is 0.965. The molecule has 1 unspecified atom stereocenters. The number of hydrogen-bond acceptors (Lipinski definition) is 3. The molecule has 0 radical (unpaired) electrons. The number of amidine groups is 1. The number of nitrogens with one attached hydrogen (secondary N) is 1. The van der Waals surface area contributed by atoms with E-state index in [-0.39, 0.29) is 11.6 Å². The van der Waals surface area contributed by atoms with Gasteiger partial charge in [-0.1, -0.05) is 13.8 Å². The van der Waals surface area contributed by atoms with E-state index in [1.807, 2.05) is 13.8 Å². The van der Waals surface area contributed by atoms with Crippen molar-refractivity contribution in [2.24, 2.45) is 11.7 Å². The summed E-state index contributed by atoms with van der Waals surface area (Å²) in [6, 6.07) is -0.567. The second-order valence-corrected chi connectivity index (χ2v) is 6.29. The summed E-state index contributed by atoms with van der Waals surface area (Å²) in [5.74, 6) is 0.324. The minimum atomic E-state index is -3.29. The number of hydrogen-bond donors (Lipinski definition) is 2. The molecule has 0 bridgehead atoms. The lowest BCUT2D eigenvalue weighted by Gasteiger charge is -2.23. The van der Waals surface area contributed by atoms with Crippen LogP contribution < -0.4 is 5.73 Å². The van der Waals surface area contributed by atoms with Crippen LogP contribution in [0.25, 0.3) is 0 Å². The Balaban J connectivity index is 4.52. The highest BCUT2D eigenvalue weighted by molar-refractivity contribution is 7.89. The molecule has 0 rings (SSSR count). The molecule has 0 fully saturated rings. The van der Waals surface area contributed by atoms with Crippen molar-refractivity contribution in [2.75, 3.05) is 12.8 Å². The third kappa shape index (κ3) is 4.61. The molecule has 0 saturated carbocycles. The van der Waals surface area contributed by atoms with E-state index in [4.69, 9.17) is 11.1 Å². The van der Waals surface area contributed by atoms with Crippen molar-refractivity contribution in [3.8, 4) is 0 Å². The van der Waals surface area contributed by atoms with Crippen molar-refractivity contribution in [2.45, 2.75) is 33.2 Å². The summed E-state index contributed by atoms with van der Waals surface area (Å²) in [7, 11) is -1.83. The SMILES string of the molecule is CC(C)CCS(=O)(=O)N(C)C(C)C(=N)N. The molecule has 1 atom stereocenters. The van der Waals surface area contributed by atoms with Gasteiger partial charge in [-0.2, -0.15) is 4.31 Å². The van der Waals surface area contributed by atoms with Gasteiger partial charge in [0.15, 0.2) is 0 Å². The maximum atomic E-state index is 11.8. The van der Waals surface area contributed by atoms with Gasteiger partial charge in [0.1, 0.15) is 5.84 Å². The molecule has 0 aliphatic carbocycles. The highest BCUT2D eigenvalue weighted by Crippen LogP contribution is 2.09. The van der Waals surface area contributed by atoms with E-state index in [1.165, 1.54) is 7.05 Å². The Morgan fingerprint density at radius 2 is 1.87 bits per heavy atom.